The average molecular weight is 396 g/mol. The molecule has 0 fully saturated rings. The smallest absolute Gasteiger partial charge is 0.255 e. The van der Waals surface area contributed by atoms with E-state index in [1.165, 1.54) is 5.56 Å². The van der Waals surface area contributed by atoms with Crippen LogP contribution in [-0.4, -0.2) is 17.6 Å². The first-order chi connectivity index (χ1) is 13.4. The number of thiocarbonyl (C=S) groups is 1. The monoisotopic (exact) mass is 395 g/mol. The number of allylic oxidation sites excluding steroid dienone is 1. The molecule has 0 aliphatic carbocycles. The number of carbonyl (C=O) groups excluding carboxylic acids is 1. The van der Waals surface area contributed by atoms with Crippen LogP contribution in [-0.2, 0) is 4.79 Å². The molecular weight excluding hydrogens is 370 g/mol. The second-order valence-electron chi connectivity index (χ2n) is 6.83. The van der Waals surface area contributed by atoms with Crippen molar-refractivity contribution in [2.24, 2.45) is 0 Å². The van der Waals surface area contributed by atoms with E-state index in [1.54, 1.807) is 0 Å². The van der Waals surface area contributed by atoms with E-state index in [2.05, 4.69) is 16.0 Å². The normalized spacial score (nSPS) is 16.3. The lowest BCUT2D eigenvalue weighted by Gasteiger charge is -2.30. The van der Waals surface area contributed by atoms with Crippen molar-refractivity contribution in [2.45, 2.75) is 33.7 Å². The molecule has 0 saturated heterocycles. The number of hydrogen-bond acceptors (Lipinski definition) is 3. The first-order valence-electron chi connectivity index (χ1n) is 9.28. The number of aryl methyl sites for hydroxylation is 2. The zero-order valence-corrected chi connectivity index (χ0v) is 17.4. The molecule has 1 heterocycles. The van der Waals surface area contributed by atoms with Gasteiger partial charge in [0.2, 0.25) is 0 Å². The number of ether oxygens (including phenoxy) is 1. The molecule has 3 N–H and O–H groups in total. The molecule has 1 amide bonds. The first kappa shape index (κ1) is 19.9. The summed E-state index contributed by atoms with van der Waals surface area (Å²) in [4.78, 5) is 13.1. The Morgan fingerprint density at radius 3 is 2.46 bits per heavy atom. The minimum Gasteiger partial charge on any atom is -0.494 e. The second-order valence-corrected chi connectivity index (χ2v) is 7.23. The van der Waals surface area contributed by atoms with Crippen LogP contribution in [0.1, 0.15) is 36.6 Å². The van der Waals surface area contributed by atoms with Gasteiger partial charge in [0.05, 0.1) is 18.2 Å². The van der Waals surface area contributed by atoms with Crippen LogP contribution in [0, 0.1) is 13.8 Å². The van der Waals surface area contributed by atoms with E-state index >= 15 is 0 Å². The van der Waals surface area contributed by atoms with Crippen molar-refractivity contribution in [1.29, 1.82) is 0 Å². The quantitative estimate of drug-likeness (QED) is 0.665. The molecule has 0 aromatic heterocycles. The maximum atomic E-state index is 13.1. The van der Waals surface area contributed by atoms with Crippen LogP contribution in [0.3, 0.4) is 0 Å². The lowest BCUT2D eigenvalue weighted by molar-refractivity contribution is -0.113. The molecule has 2 aromatic rings. The fraction of sp³-hybridized carbons (Fsp3) is 0.273. The molecule has 0 bridgehead atoms. The predicted molar refractivity (Wildman–Crippen MR) is 116 cm³/mol. The van der Waals surface area contributed by atoms with E-state index in [-0.39, 0.29) is 11.9 Å². The Morgan fingerprint density at radius 1 is 1.11 bits per heavy atom. The van der Waals surface area contributed by atoms with E-state index in [0.717, 1.165) is 28.3 Å². The van der Waals surface area contributed by atoms with Crippen molar-refractivity contribution >= 4 is 28.9 Å². The minimum absolute atomic E-state index is 0.165. The fourth-order valence-corrected chi connectivity index (χ4v) is 3.46. The van der Waals surface area contributed by atoms with Gasteiger partial charge in [0.15, 0.2) is 5.11 Å². The molecule has 1 aliphatic heterocycles. The molecule has 146 valence electrons. The van der Waals surface area contributed by atoms with Crippen molar-refractivity contribution < 1.29 is 9.53 Å². The number of benzene rings is 2. The summed E-state index contributed by atoms with van der Waals surface area (Å²) < 4.78 is 5.51. The average Bonchev–Trinajstić information content (AvgIpc) is 2.65. The highest BCUT2D eigenvalue weighted by Gasteiger charge is 2.30. The van der Waals surface area contributed by atoms with Crippen molar-refractivity contribution in [3.63, 3.8) is 0 Å². The topological polar surface area (TPSA) is 62.4 Å². The second kappa shape index (κ2) is 8.44. The van der Waals surface area contributed by atoms with Gasteiger partial charge in [-0.05, 0) is 80.9 Å². The highest BCUT2D eigenvalue weighted by molar-refractivity contribution is 7.80. The van der Waals surface area contributed by atoms with Crippen molar-refractivity contribution in [3.05, 3.63) is 70.4 Å². The number of rotatable bonds is 5. The van der Waals surface area contributed by atoms with Gasteiger partial charge in [-0.3, -0.25) is 4.79 Å². The molecule has 0 radical (unpaired) electrons. The number of amides is 1. The molecule has 0 saturated carbocycles. The van der Waals surface area contributed by atoms with Gasteiger partial charge in [-0.1, -0.05) is 18.2 Å². The summed E-state index contributed by atoms with van der Waals surface area (Å²) in [5, 5.41) is 9.79. The van der Waals surface area contributed by atoms with Gasteiger partial charge in [0, 0.05) is 11.4 Å². The highest BCUT2D eigenvalue weighted by atomic mass is 32.1. The first-order valence-corrected chi connectivity index (χ1v) is 9.69. The summed E-state index contributed by atoms with van der Waals surface area (Å²) in [6.07, 6.45) is 0. The Morgan fingerprint density at radius 2 is 1.82 bits per heavy atom. The molecular formula is C22H25N3O2S. The van der Waals surface area contributed by atoms with Crippen LogP contribution in [0.15, 0.2) is 53.7 Å². The zero-order valence-electron chi connectivity index (χ0n) is 16.6. The number of carbonyl (C=O) groups is 1. The molecule has 1 aliphatic rings. The number of nitrogens with one attached hydrogen (secondary N) is 3. The largest absolute Gasteiger partial charge is 0.494 e. The maximum absolute atomic E-state index is 13.1. The van der Waals surface area contributed by atoms with Gasteiger partial charge < -0.3 is 20.7 Å². The summed E-state index contributed by atoms with van der Waals surface area (Å²) in [5.41, 5.74) is 5.38. The van der Waals surface area contributed by atoms with E-state index in [1.807, 2.05) is 70.2 Å². The van der Waals surface area contributed by atoms with Crippen LogP contribution in [0.5, 0.6) is 5.75 Å². The van der Waals surface area contributed by atoms with Crippen LogP contribution in [0.25, 0.3) is 0 Å². The summed E-state index contributed by atoms with van der Waals surface area (Å²) in [6.45, 7) is 8.50. The van der Waals surface area contributed by atoms with Crippen LogP contribution in [0.4, 0.5) is 5.69 Å². The molecule has 2 aromatic carbocycles. The van der Waals surface area contributed by atoms with Crippen LogP contribution < -0.4 is 20.7 Å². The zero-order chi connectivity index (χ0) is 20.3. The molecule has 3 rings (SSSR count). The van der Waals surface area contributed by atoms with Gasteiger partial charge in [-0.2, -0.15) is 0 Å². The minimum atomic E-state index is -0.337. The van der Waals surface area contributed by atoms with Crippen molar-refractivity contribution in [2.75, 3.05) is 11.9 Å². The van der Waals surface area contributed by atoms with Gasteiger partial charge in [0.1, 0.15) is 5.75 Å². The SMILES string of the molecule is CCOc1ccc(C2NC(=S)NC(C)=C2C(=O)Nc2ccc(C)c(C)c2)cc1. The highest BCUT2D eigenvalue weighted by Crippen LogP contribution is 2.29. The summed E-state index contributed by atoms with van der Waals surface area (Å²) >= 11 is 5.32. The Balaban J connectivity index is 1.90. The van der Waals surface area contributed by atoms with Gasteiger partial charge in [-0.15, -0.1) is 0 Å². The Hall–Kier alpha value is -2.86. The molecule has 1 unspecified atom stereocenters. The molecule has 6 heteroatoms. The predicted octanol–water partition coefficient (Wildman–Crippen LogP) is 4.13. The molecule has 5 nitrogen and oxygen atoms in total. The summed E-state index contributed by atoms with van der Waals surface area (Å²) in [6, 6.07) is 13.3. The number of anilines is 1. The Labute approximate surface area is 171 Å². The lowest BCUT2D eigenvalue weighted by Crippen LogP contribution is -2.45. The van der Waals surface area contributed by atoms with Crippen molar-refractivity contribution in [1.82, 2.24) is 10.6 Å². The van der Waals surface area contributed by atoms with Gasteiger partial charge in [-0.25, -0.2) is 0 Å². The van der Waals surface area contributed by atoms with E-state index in [9.17, 15) is 4.79 Å². The summed E-state index contributed by atoms with van der Waals surface area (Å²) in [7, 11) is 0. The maximum Gasteiger partial charge on any atom is 0.255 e. The Kier molecular flexibility index (Phi) is 5.99. The molecule has 28 heavy (non-hydrogen) atoms. The van der Waals surface area contributed by atoms with Gasteiger partial charge >= 0.3 is 0 Å². The van der Waals surface area contributed by atoms with Crippen LogP contribution in [0.2, 0.25) is 0 Å². The van der Waals surface area contributed by atoms with E-state index < -0.39 is 0 Å². The van der Waals surface area contributed by atoms with Gasteiger partial charge in [0.25, 0.3) is 5.91 Å². The number of hydrogen-bond donors (Lipinski definition) is 3. The molecule has 1 atom stereocenters. The van der Waals surface area contributed by atoms with Crippen molar-refractivity contribution in [3.8, 4) is 5.75 Å². The summed E-state index contributed by atoms with van der Waals surface area (Å²) in [5.74, 6) is 0.631. The van der Waals surface area contributed by atoms with E-state index in [4.69, 9.17) is 17.0 Å². The Bertz CT molecular complexity index is 935. The fourth-order valence-electron chi connectivity index (χ4n) is 3.19. The molecule has 0 spiro atoms. The van der Waals surface area contributed by atoms with Crippen LogP contribution >= 0.6 is 12.2 Å². The third kappa shape index (κ3) is 4.34. The third-order valence-corrected chi connectivity index (χ3v) is 5.02. The lowest BCUT2D eigenvalue weighted by atomic mass is 9.94. The third-order valence-electron chi connectivity index (χ3n) is 4.80. The van der Waals surface area contributed by atoms with E-state index in [0.29, 0.717) is 17.3 Å². The standard InChI is InChI=1S/C22H25N3O2S/c1-5-27-18-10-7-16(8-11-18)20-19(15(4)23-22(28)25-20)21(26)24-17-9-6-13(2)14(3)12-17/h6-12,20H,5H2,1-4H3,(H,24,26)(H2,23,25,28).